The van der Waals surface area contributed by atoms with E-state index in [9.17, 15) is 9.59 Å². The molecule has 0 aromatic carbocycles. The van der Waals surface area contributed by atoms with Gasteiger partial charge in [-0.15, -0.1) is 0 Å². The number of carbonyl (C=O) groups excluding carboxylic acids is 2. The first kappa shape index (κ1) is 7.25. The molecule has 0 atom stereocenters. The van der Waals surface area contributed by atoms with Gasteiger partial charge in [0.2, 0.25) is 5.91 Å². The summed E-state index contributed by atoms with van der Waals surface area (Å²) in [5.41, 5.74) is 0. The normalized spacial score (nSPS) is 16.4. The molecule has 1 fully saturated rings. The molecule has 56 valence electrons. The molecule has 0 radical (unpaired) electrons. The van der Waals surface area contributed by atoms with Gasteiger partial charge in [0.15, 0.2) is 0 Å². The van der Waals surface area contributed by atoms with Gasteiger partial charge in [0, 0.05) is 18.9 Å². The molecule has 0 heterocycles. The molecule has 0 aromatic heterocycles. The van der Waals surface area contributed by atoms with Gasteiger partial charge in [0.1, 0.15) is 6.29 Å². The molecule has 3 nitrogen and oxygen atoms in total. The van der Waals surface area contributed by atoms with Crippen LogP contribution in [-0.2, 0) is 9.59 Å². The summed E-state index contributed by atoms with van der Waals surface area (Å²) in [6.07, 6.45) is 3.67. The Hall–Kier alpha value is -0.860. The van der Waals surface area contributed by atoms with Crippen molar-refractivity contribution in [1.29, 1.82) is 0 Å². The second kappa shape index (κ2) is 3.34. The van der Waals surface area contributed by atoms with Crippen molar-refractivity contribution in [3.05, 3.63) is 0 Å². The number of hydrogen-bond donors (Lipinski definition) is 1. The number of aldehydes is 1. The third-order valence-electron chi connectivity index (χ3n) is 1.43. The Labute approximate surface area is 59.8 Å². The molecule has 3 heteroatoms. The Kier molecular flexibility index (Phi) is 2.42. The Morgan fingerprint density at radius 2 is 2.30 bits per heavy atom. The highest BCUT2D eigenvalue weighted by Gasteiger charge is 2.22. The van der Waals surface area contributed by atoms with Crippen LogP contribution in [0.5, 0.6) is 0 Å². The third kappa shape index (κ3) is 2.62. The van der Waals surface area contributed by atoms with E-state index in [2.05, 4.69) is 5.32 Å². The molecule has 10 heavy (non-hydrogen) atoms. The van der Waals surface area contributed by atoms with Gasteiger partial charge in [0.05, 0.1) is 0 Å². The summed E-state index contributed by atoms with van der Waals surface area (Å²) >= 11 is 0. The van der Waals surface area contributed by atoms with Crippen LogP contribution in [0.3, 0.4) is 0 Å². The highest BCUT2D eigenvalue weighted by Crippen LogP contribution is 2.18. The van der Waals surface area contributed by atoms with Crippen molar-refractivity contribution in [2.24, 2.45) is 0 Å². The third-order valence-corrected chi connectivity index (χ3v) is 1.43. The molecule has 0 saturated heterocycles. The van der Waals surface area contributed by atoms with E-state index in [0.29, 0.717) is 18.9 Å². The van der Waals surface area contributed by atoms with Crippen LogP contribution in [-0.4, -0.2) is 18.2 Å². The first-order chi connectivity index (χ1) is 4.83. The van der Waals surface area contributed by atoms with Gasteiger partial charge in [-0.05, 0) is 12.8 Å². The maximum absolute atomic E-state index is 10.8. The van der Waals surface area contributed by atoms with Crippen LogP contribution in [0.2, 0.25) is 0 Å². The van der Waals surface area contributed by atoms with Crippen LogP contribution < -0.4 is 5.32 Å². The summed E-state index contributed by atoms with van der Waals surface area (Å²) in [4.78, 5) is 20.6. The number of rotatable bonds is 4. The maximum Gasteiger partial charge on any atom is 0.220 e. The summed E-state index contributed by atoms with van der Waals surface area (Å²) in [7, 11) is 0. The Morgan fingerprint density at radius 3 is 2.80 bits per heavy atom. The van der Waals surface area contributed by atoms with E-state index in [-0.39, 0.29) is 5.91 Å². The van der Waals surface area contributed by atoms with E-state index in [1.807, 2.05) is 0 Å². The monoisotopic (exact) mass is 141 g/mol. The minimum Gasteiger partial charge on any atom is -0.353 e. The van der Waals surface area contributed by atoms with Crippen molar-refractivity contribution >= 4 is 12.2 Å². The van der Waals surface area contributed by atoms with Gasteiger partial charge in [0.25, 0.3) is 0 Å². The smallest absolute Gasteiger partial charge is 0.220 e. The van der Waals surface area contributed by atoms with Crippen LogP contribution in [0, 0.1) is 0 Å². The van der Waals surface area contributed by atoms with E-state index in [0.717, 1.165) is 19.1 Å². The van der Waals surface area contributed by atoms with Crippen molar-refractivity contribution in [3.8, 4) is 0 Å². The quantitative estimate of drug-likeness (QED) is 0.570. The van der Waals surface area contributed by atoms with Crippen molar-refractivity contribution in [2.75, 3.05) is 0 Å². The van der Waals surface area contributed by atoms with Crippen molar-refractivity contribution in [1.82, 2.24) is 5.32 Å². The molecule has 0 spiro atoms. The second-order valence-corrected chi connectivity index (χ2v) is 2.55. The SMILES string of the molecule is O=CCCC(=O)NC1CC1. The maximum atomic E-state index is 10.8. The molecule has 1 amide bonds. The minimum atomic E-state index is 0.00889. The molecular formula is C7H11NO2. The predicted molar refractivity (Wildman–Crippen MR) is 36.5 cm³/mol. The van der Waals surface area contributed by atoms with E-state index >= 15 is 0 Å². The lowest BCUT2D eigenvalue weighted by atomic mass is 10.3. The molecular weight excluding hydrogens is 130 g/mol. The first-order valence-corrected chi connectivity index (χ1v) is 3.56. The van der Waals surface area contributed by atoms with Crippen molar-refractivity contribution in [3.63, 3.8) is 0 Å². The van der Waals surface area contributed by atoms with Crippen LogP contribution in [0.1, 0.15) is 25.7 Å². The topological polar surface area (TPSA) is 46.2 Å². The number of nitrogens with one attached hydrogen (secondary N) is 1. The fourth-order valence-corrected chi connectivity index (χ4v) is 0.718. The number of carbonyl (C=O) groups is 2. The molecule has 0 bridgehead atoms. The highest BCUT2D eigenvalue weighted by atomic mass is 16.1. The molecule has 1 rings (SSSR count). The fraction of sp³-hybridized carbons (Fsp3) is 0.714. The molecule has 1 N–H and O–H groups in total. The average molecular weight is 141 g/mol. The molecule has 1 aliphatic rings. The lowest BCUT2D eigenvalue weighted by Crippen LogP contribution is -2.24. The Bertz CT molecular complexity index is 141. The lowest BCUT2D eigenvalue weighted by molar-refractivity contribution is -0.122. The zero-order valence-corrected chi connectivity index (χ0v) is 5.80. The van der Waals surface area contributed by atoms with Crippen LogP contribution >= 0.6 is 0 Å². The first-order valence-electron chi connectivity index (χ1n) is 3.56. The predicted octanol–water partition coefficient (Wildman–Crippen LogP) is 0.244. The standard InChI is InChI=1S/C7H11NO2/c9-5-1-2-7(10)8-6-3-4-6/h5-6H,1-4H2,(H,8,10). The Balaban J connectivity index is 2.02. The molecule has 0 aromatic rings. The van der Waals surface area contributed by atoms with Gasteiger partial charge in [-0.3, -0.25) is 4.79 Å². The average Bonchev–Trinajstić information content (AvgIpc) is 2.67. The zero-order chi connectivity index (χ0) is 7.40. The van der Waals surface area contributed by atoms with Crippen LogP contribution in [0.4, 0.5) is 0 Å². The summed E-state index contributed by atoms with van der Waals surface area (Å²) in [5.74, 6) is 0.00889. The van der Waals surface area contributed by atoms with E-state index < -0.39 is 0 Å². The number of amides is 1. The molecule has 0 aliphatic heterocycles. The van der Waals surface area contributed by atoms with Gasteiger partial charge in [-0.25, -0.2) is 0 Å². The fourth-order valence-electron chi connectivity index (χ4n) is 0.718. The minimum absolute atomic E-state index is 0.00889. The highest BCUT2D eigenvalue weighted by molar-refractivity contribution is 5.78. The van der Waals surface area contributed by atoms with Gasteiger partial charge in [-0.2, -0.15) is 0 Å². The molecule has 1 saturated carbocycles. The summed E-state index contributed by atoms with van der Waals surface area (Å²) < 4.78 is 0. The van der Waals surface area contributed by atoms with Crippen molar-refractivity contribution in [2.45, 2.75) is 31.7 Å². The van der Waals surface area contributed by atoms with E-state index in [1.165, 1.54) is 0 Å². The van der Waals surface area contributed by atoms with Gasteiger partial charge >= 0.3 is 0 Å². The summed E-state index contributed by atoms with van der Waals surface area (Å²) in [6.45, 7) is 0. The largest absolute Gasteiger partial charge is 0.353 e. The van der Waals surface area contributed by atoms with Crippen molar-refractivity contribution < 1.29 is 9.59 Å². The van der Waals surface area contributed by atoms with Crippen LogP contribution in [0.15, 0.2) is 0 Å². The van der Waals surface area contributed by atoms with Gasteiger partial charge in [-0.1, -0.05) is 0 Å². The second-order valence-electron chi connectivity index (χ2n) is 2.55. The van der Waals surface area contributed by atoms with E-state index in [1.54, 1.807) is 0 Å². The number of hydrogen-bond acceptors (Lipinski definition) is 2. The van der Waals surface area contributed by atoms with Crippen LogP contribution in [0.25, 0.3) is 0 Å². The molecule has 1 aliphatic carbocycles. The zero-order valence-electron chi connectivity index (χ0n) is 5.80. The Morgan fingerprint density at radius 1 is 1.60 bits per heavy atom. The molecule has 0 unspecified atom stereocenters. The van der Waals surface area contributed by atoms with Gasteiger partial charge < -0.3 is 10.1 Å². The summed E-state index contributed by atoms with van der Waals surface area (Å²) in [6, 6.07) is 0.416. The lowest BCUT2D eigenvalue weighted by Gasteiger charge is -1.98. The van der Waals surface area contributed by atoms with E-state index in [4.69, 9.17) is 0 Å². The summed E-state index contributed by atoms with van der Waals surface area (Å²) in [5, 5.41) is 2.79.